The third-order valence-electron chi connectivity index (χ3n) is 7.76. The summed E-state index contributed by atoms with van der Waals surface area (Å²) in [5, 5.41) is 18.6. The Bertz CT molecular complexity index is 1430. The van der Waals surface area contributed by atoms with Gasteiger partial charge in [0.05, 0.1) is 29.9 Å². The fourth-order valence-corrected chi connectivity index (χ4v) is 5.91. The van der Waals surface area contributed by atoms with E-state index in [1.54, 1.807) is 17.1 Å². The number of carbonyl (C=O) groups is 1. The minimum Gasteiger partial charge on any atom is -0.378 e. The fourth-order valence-electron chi connectivity index (χ4n) is 5.91. The summed E-state index contributed by atoms with van der Waals surface area (Å²) in [5.74, 6) is -0.274. The van der Waals surface area contributed by atoms with Gasteiger partial charge < -0.3 is 9.64 Å². The zero-order chi connectivity index (χ0) is 26.8. The second-order valence-electron chi connectivity index (χ2n) is 10.1. The number of fused-ring (bicyclic) bond motifs is 1. The number of hydrazone groups is 1. The highest BCUT2D eigenvalue weighted by Crippen LogP contribution is 2.45. The molecule has 198 valence electrons. The molecule has 2 fully saturated rings. The van der Waals surface area contributed by atoms with Crippen molar-refractivity contribution in [1.82, 2.24) is 5.01 Å². The van der Waals surface area contributed by atoms with Gasteiger partial charge in [-0.2, -0.15) is 5.10 Å². The normalized spacial score (nSPS) is 21.9. The number of anilines is 1. The molecule has 0 radical (unpaired) electrons. The lowest BCUT2D eigenvalue weighted by molar-refractivity contribution is -0.384. The number of amides is 1. The third kappa shape index (κ3) is 4.95. The first-order valence-electron chi connectivity index (χ1n) is 13.4. The predicted octanol–water partition coefficient (Wildman–Crippen LogP) is 5.87. The van der Waals surface area contributed by atoms with E-state index in [1.165, 1.54) is 6.07 Å². The van der Waals surface area contributed by atoms with E-state index in [0.29, 0.717) is 32.0 Å². The summed E-state index contributed by atoms with van der Waals surface area (Å²) in [5.41, 5.74) is 4.88. The Kier molecular flexibility index (Phi) is 6.94. The minimum atomic E-state index is -0.410. The second-order valence-corrected chi connectivity index (χ2v) is 10.1. The number of carbonyl (C=O) groups excluding carboxylic acids is 1. The van der Waals surface area contributed by atoms with Crippen LogP contribution in [0.4, 0.5) is 11.4 Å². The van der Waals surface area contributed by atoms with Crippen LogP contribution in [0.1, 0.15) is 46.8 Å². The van der Waals surface area contributed by atoms with Crippen LogP contribution in [-0.4, -0.2) is 47.9 Å². The van der Waals surface area contributed by atoms with Crippen LogP contribution in [0.15, 0.2) is 89.5 Å². The molecule has 0 unspecified atom stereocenters. The van der Waals surface area contributed by atoms with Gasteiger partial charge in [0, 0.05) is 30.6 Å². The van der Waals surface area contributed by atoms with Crippen LogP contribution in [0, 0.1) is 16.0 Å². The highest BCUT2D eigenvalue weighted by molar-refractivity contribution is 6.09. The lowest BCUT2D eigenvalue weighted by atomic mass is 9.77. The molecular formula is C31H30N4O4. The van der Waals surface area contributed by atoms with Crippen molar-refractivity contribution in [3.05, 3.63) is 111 Å². The molecule has 2 aliphatic heterocycles. The first kappa shape index (κ1) is 25.0. The van der Waals surface area contributed by atoms with Gasteiger partial charge in [-0.15, -0.1) is 0 Å². The highest BCUT2D eigenvalue weighted by atomic mass is 16.6. The van der Waals surface area contributed by atoms with Crippen LogP contribution in [0.3, 0.4) is 0 Å². The molecule has 0 aromatic heterocycles. The van der Waals surface area contributed by atoms with Gasteiger partial charge in [0.2, 0.25) is 0 Å². The van der Waals surface area contributed by atoms with Crippen molar-refractivity contribution in [1.29, 1.82) is 0 Å². The van der Waals surface area contributed by atoms with E-state index in [9.17, 15) is 14.9 Å². The molecule has 3 aromatic carbocycles. The maximum absolute atomic E-state index is 14.0. The number of hydrogen-bond acceptors (Lipinski definition) is 6. The number of allylic oxidation sites excluding steroid dienone is 1. The van der Waals surface area contributed by atoms with Crippen molar-refractivity contribution in [3.63, 3.8) is 0 Å². The summed E-state index contributed by atoms with van der Waals surface area (Å²) in [4.78, 5) is 27.6. The maximum Gasteiger partial charge on any atom is 0.293 e. The molecule has 1 saturated heterocycles. The number of rotatable bonds is 5. The van der Waals surface area contributed by atoms with Crippen molar-refractivity contribution in [2.75, 3.05) is 31.2 Å². The number of nitrogens with zero attached hydrogens (tertiary/aromatic N) is 4. The van der Waals surface area contributed by atoms with Crippen LogP contribution < -0.4 is 4.90 Å². The summed E-state index contributed by atoms with van der Waals surface area (Å²) in [6.45, 7) is 2.18. The fraction of sp³-hybridized carbons (Fsp3) is 0.290. The van der Waals surface area contributed by atoms with Crippen molar-refractivity contribution < 1.29 is 14.5 Å². The van der Waals surface area contributed by atoms with Crippen LogP contribution in [-0.2, 0) is 4.74 Å². The summed E-state index contributed by atoms with van der Waals surface area (Å²) < 4.78 is 5.41. The number of nitro benzene ring substituents is 1. The van der Waals surface area contributed by atoms with E-state index >= 15 is 0 Å². The summed E-state index contributed by atoms with van der Waals surface area (Å²) >= 11 is 0. The molecular weight excluding hydrogens is 492 g/mol. The minimum absolute atomic E-state index is 0.0580. The lowest BCUT2D eigenvalue weighted by Gasteiger charge is -2.30. The Balaban J connectivity index is 1.39. The van der Waals surface area contributed by atoms with Crippen molar-refractivity contribution in [3.8, 4) is 0 Å². The zero-order valence-corrected chi connectivity index (χ0v) is 21.6. The largest absolute Gasteiger partial charge is 0.378 e. The number of ether oxygens (including phenoxy) is 1. The Labute approximate surface area is 227 Å². The standard InChI is InChI=1S/C31H30N4O4/c36-31(25-14-15-27(28(21-25)35(37)38)33-16-18-39-19-17-33)34-30(23-10-5-2-6-11-23)26-13-7-12-24(29(26)32-34)20-22-8-3-1-4-9-22/h1-6,8-11,14-15,20-21,26,30H,7,12-13,16-19H2/b24-20-/t26-,30-/m0/s1. The van der Waals surface area contributed by atoms with Crippen LogP contribution in [0.2, 0.25) is 0 Å². The third-order valence-corrected chi connectivity index (χ3v) is 7.76. The van der Waals surface area contributed by atoms with Crippen LogP contribution in [0.25, 0.3) is 6.08 Å². The van der Waals surface area contributed by atoms with Gasteiger partial charge in [-0.05, 0) is 54.2 Å². The molecule has 2 heterocycles. The number of hydrogen-bond donors (Lipinski definition) is 0. The first-order chi connectivity index (χ1) is 19.1. The topological polar surface area (TPSA) is 88.3 Å². The number of benzene rings is 3. The molecule has 1 saturated carbocycles. The van der Waals surface area contributed by atoms with Gasteiger partial charge in [-0.3, -0.25) is 14.9 Å². The van der Waals surface area contributed by atoms with E-state index in [4.69, 9.17) is 9.84 Å². The van der Waals surface area contributed by atoms with Gasteiger partial charge in [0.15, 0.2) is 0 Å². The van der Waals surface area contributed by atoms with E-state index in [-0.39, 0.29) is 29.1 Å². The predicted molar refractivity (Wildman–Crippen MR) is 151 cm³/mol. The molecule has 3 aromatic rings. The quantitative estimate of drug-likeness (QED) is 0.309. The van der Waals surface area contributed by atoms with Crippen molar-refractivity contribution in [2.45, 2.75) is 25.3 Å². The molecule has 39 heavy (non-hydrogen) atoms. The van der Waals surface area contributed by atoms with E-state index in [1.807, 2.05) is 53.4 Å². The van der Waals surface area contributed by atoms with E-state index in [0.717, 1.165) is 41.7 Å². The summed E-state index contributed by atoms with van der Waals surface area (Å²) in [6, 6.07) is 24.6. The highest BCUT2D eigenvalue weighted by Gasteiger charge is 2.44. The van der Waals surface area contributed by atoms with Gasteiger partial charge >= 0.3 is 0 Å². The smallest absolute Gasteiger partial charge is 0.293 e. The van der Waals surface area contributed by atoms with Gasteiger partial charge in [-0.1, -0.05) is 60.7 Å². The first-order valence-corrected chi connectivity index (χ1v) is 13.4. The van der Waals surface area contributed by atoms with Gasteiger partial charge in [-0.25, -0.2) is 5.01 Å². The molecule has 8 heteroatoms. The Hall–Kier alpha value is -4.30. The molecule has 6 rings (SSSR count). The Morgan fingerprint density at radius 2 is 1.72 bits per heavy atom. The average molecular weight is 523 g/mol. The number of morpholine rings is 1. The van der Waals surface area contributed by atoms with Gasteiger partial charge in [0.25, 0.3) is 11.6 Å². The Morgan fingerprint density at radius 3 is 2.44 bits per heavy atom. The molecule has 8 nitrogen and oxygen atoms in total. The monoisotopic (exact) mass is 522 g/mol. The second kappa shape index (κ2) is 10.8. The Morgan fingerprint density at radius 1 is 1.00 bits per heavy atom. The molecule has 1 amide bonds. The number of nitro groups is 1. The SMILES string of the molecule is O=C(c1ccc(N2CCOCC2)c([N+](=O)[O-])c1)N1N=C2/C(=C\c3ccccc3)CCC[C@@H]2[C@@H]1c1ccccc1. The lowest BCUT2D eigenvalue weighted by Crippen LogP contribution is -2.36. The molecule has 3 aliphatic rings. The summed E-state index contributed by atoms with van der Waals surface area (Å²) in [6.07, 6.45) is 4.99. The molecule has 1 aliphatic carbocycles. The molecule has 2 atom stereocenters. The van der Waals surface area contributed by atoms with E-state index < -0.39 is 4.92 Å². The van der Waals surface area contributed by atoms with Crippen LogP contribution in [0.5, 0.6) is 0 Å². The van der Waals surface area contributed by atoms with E-state index in [2.05, 4.69) is 18.2 Å². The van der Waals surface area contributed by atoms with Crippen LogP contribution >= 0.6 is 0 Å². The zero-order valence-electron chi connectivity index (χ0n) is 21.6. The van der Waals surface area contributed by atoms with Crippen molar-refractivity contribution in [2.24, 2.45) is 11.0 Å². The molecule has 0 N–H and O–H groups in total. The molecule has 0 bridgehead atoms. The molecule has 0 spiro atoms. The maximum atomic E-state index is 14.0. The average Bonchev–Trinajstić information content (AvgIpc) is 3.38. The van der Waals surface area contributed by atoms with Crippen molar-refractivity contribution >= 4 is 29.1 Å². The summed E-state index contributed by atoms with van der Waals surface area (Å²) in [7, 11) is 0. The van der Waals surface area contributed by atoms with Gasteiger partial charge in [0.1, 0.15) is 5.69 Å².